The van der Waals surface area contributed by atoms with Crippen LogP contribution in [0.1, 0.15) is 16.8 Å². The van der Waals surface area contributed by atoms with Gasteiger partial charge >= 0.3 is 0 Å². The molecule has 1 saturated heterocycles. The molecule has 0 spiro atoms. The lowest BCUT2D eigenvalue weighted by molar-refractivity contribution is -0.0775. The summed E-state index contributed by atoms with van der Waals surface area (Å²) in [5, 5.41) is 0. The van der Waals surface area contributed by atoms with Gasteiger partial charge in [-0.25, -0.2) is 13.1 Å². The molecule has 7 nitrogen and oxygen atoms in total. The van der Waals surface area contributed by atoms with Crippen LogP contribution < -0.4 is 10.5 Å². The number of benzene rings is 1. The maximum absolute atomic E-state index is 12.5. The van der Waals surface area contributed by atoms with Crippen molar-refractivity contribution in [2.24, 2.45) is 17.6 Å². The summed E-state index contributed by atoms with van der Waals surface area (Å²) in [6.07, 6.45) is 0.915. The second-order valence-corrected chi connectivity index (χ2v) is 7.66. The molecule has 0 bridgehead atoms. The monoisotopic (exact) mass is 340 g/mol. The zero-order valence-electron chi connectivity index (χ0n) is 12.8. The molecule has 2 aliphatic rings. The van der Waals surface area contributed by atoms with Gasteiger partial charge < -0.3 is 15.2 Å². The number of rotatable bonds is 6. The fourth-order valence-electron chi connectivity index (χ4n) is 3.44. The van der Waals surface area contributed by atoms with E-state index in [0.717, 1.165) is 6.42 Å². The molecule has 1 saturated carbocycles. The number of primary amides is 1. The predicted octanol–water partition coefficient (Wildman–Crippen LogP) is 0.114. The van der Waals surface area contributed by atoms with E-state index in [1.165, 1.54) is 24.3 Å². The van der Waals surface area contributed by atoms with Crippen LogP contribution in [0.15, 0.2) is 29.2 Å². The number of amides is 1. The van der Waals surface area contributed by atoms with E-state index in [1.54, 1.807) is 7.11 Å². The maximum atomic E-state index is 12.5. The summed E-state index contributed by atoms with van der Waals surface area (Å²) in [5.74, 6) is -0.381. The summed E-state index contributed by atoms with van der Waals surface area (Å²) >= 11 is 0. The minimum absolute atomic E-state index is 0.0205. The maximum Gasteiger partial charge on any atom is 0.248 e. The van der Waals surface area contributed by atoms with Crippen LogP contribution in [0.4, 0.5) is 0 Å². The zero-order valence-corrected chi connectivity index (χ0v) is 13.6. The lowest BCUT2D eigenvalue weighted by atomic mass is 9.68. The Kier molecular flexibility index (Phi) is 4.41. The molecule has 23 heavy (non-hydrogen) atoms. The fraction of sp³-hybridized carbons (Fsp3) is 0.533. The minimum Gasteiger partial charge on any atom is -0.384 e. The van der Waals surface area contributed by atoms with Crippen molar-refractivity contribution in [3.05, 3.63) is 29.8 Å². The summed E-state index contributed by atoms with van der Waals surface area (Å²) in [5.41, 5.74) is 5.43. The summed E-state index contributed by atoms with van der Waals surface area (Å²) < 4.78 is 38.7. The highest BCUT2D eigenvalue weighted by molar-refractivity contribution is 7.89. The Balaban J connectivity index is 1.76. The van der Waals surface area contributed by atoms with Gasteiger partial charge in [0.15, 0.2) is 0 Å². The van der Waals surface area contributed by atoms with Crippen molar-refractivity contribution in [1.82, 2.24) is 4.72 Å². The van der Waals surface area contributed by atoms with Crippen molar-refractivity contribution in [2.75, 3.05) is 20.3 Å². The molecule has 0 unspecified atom stereocenters. The van der Waals surface area contributed by atoms with Crippen LogP contribution in [-0.2, 0) is 19.5 Å². The van der Waals surface area contributed by atoms with Gasteiger partial charge in [0.25, 0.3) is 0 Å². The first-order chi connectivity index (χ1) is 10.9. The molecule has 1 aromatic carbocycles. The summed E-state index contributed by atoms with van der Waals surface area (Å²) in [7, 11) is -2.07. The molecule has 3 rings (SSSR count). The molecule has 2 fully saturated rings. The van der Waals surface area contributed by atoms with E-state index in [1.807, 2.05) is 0 Å². The van der Waals surface area contributed by atoms with E-state index in [-0.39, 0.29) is 34.4 Å². The second kappa shape index (κ2) is 6.20. The van der Waals surface area contributed by atoms with Gasteiger partial charge in [-0.05, 0) is 30.7 Å². The lowest BCUT2D eigenvalue weighted by Gasteiger charge is -2.47. The number of methoxy groups -OCH3 is 1. The number of carbonyl (C=O) groups is 1. The summed E-state index contributed by atoms with van der Waals surface area (Å²) in [4.78, 5) is 11.2. The standard InChI is InChI=1S/C15H20N2O5S/c1-21-8-12-13(11-6-7-22-14(11)12)17-23(19,20)10-4-2-9(3-5-10)15(16)18/h2-5,11-14,17H,6-8H2,1H3,(H2,16,18)/t11-,12+,13-,14-/m1/s1. The highest BCUT2D eigenvalue weighted by Crippen LogP contribution is 2.44. The Bertz CT molecular complexity index is 688. The molecule has 4 atom stereocenters. The smallest absolute Gasteiger partial charge is 0.248 e. The number of carbonyl (C=O) groups excluding carboxylic acids is 1. The molecular weight excluding hydrogens is 320 g/mol. The quantitative estimate of drug-likeness (QED) is 0.764. The van der Waals surface area contributed by atoms with Crippen LogP contribution in [0, 0.1) is 11.8 Å². The van der Waals surface area contributed by atoms with Crippen molar-refractivity contribution in [3.8, 4) is 0 Å². The van der Waals surface area contributed by atoms with Gasteiger partial charge in [0.05, 0.1) is 17.6 Å². The molecule has 1 heterocycles. The van der Waals surface area contributed by atoms with Gasteiger partial charge in [0.2, 0.25) is 15.9 Å². The van der Waals surface area contributed by atoms with Crippen molar-refractivity contribution in [3.63, 3.8) is 0 Å². The Labute approximate surface area is 135 Å². The number of ether oxygens (including phenoxy) is 2. The number of sulfonamides is 1. The van der Waals surface area contributed by atoms with E-state index in [9.17, 15) is 13.2 Å². The molecule has 1 aliphatic carbocycles. The highest BCUT2D eigenvalue weighted by atomic mass is 32.2. The number of fused-ring (bicyclic) bond motifs is 1. The van der Waals surface area contributed by atoms with Crippen molar-refractivity contribution >= 4 is 15.9 Å². The molecular formula is C15H20N2O5S. The number of nitrogens with two attached hydrogens (primary N) is 1. The SMILES string of the molecule is COC[C@H]1[C@H](NS(=O)(=O)c2ccc(C(N)=O)cc2)[C@H]2CCO[C@H]21. The summed E-state index contributed by atoms with van der Waals surface area (Å²) in [6.45, 7) is 1.11. The second-order valence-electron chi connectivity index (χ2n) is 5.94. The van der Waals surface area contributed by atoms with Crippen molar-refractivity contribution in [2.45, 2.75) is 23.5 Å². The average molecular weight is 340 g/mol. The zero-order chi connectivity index (χ0) is 16.6. The highest BCUT2D eigenvalue weighted by Gasteiger charge is 2.54. The Morgan fingerprint density at radius 2 is 2.09 bits per heavy atom. The third-order valence-corrected chi connectivity index (χ3v) is 6.10. The molecule has 1 aromatic rings. The molecule has 8 heteroatoms. The average Bonchev–Trinajstić information content (AvgIpc) is 2.95. The van der Waals surface area contributed by atoms with Gasteiger partial charge in [-0.1, -0.05) is 0 Å². The normalized spacial score (nSPS) is 29.8. The Hall–Kier alpha value is -1.48. The number of hydrogen-bond acceptors (Lipinski definition) is 5. The Morgan fingerprint density at radius 3 is 2.70 bits per heavy atom. The van der Waals surface area contributed by atoms with Gasteiger partial charge in [-0.2, -0.15) is 0 Å². The van der Waals surface area contributed by atoms with Gasteiger partial charge in [0.1, 0.15) is 0 Å². The molecule has 126 valence electrons. The molecule has 3 N–H and O–H groups in total. The fourth-order valence-corrected chi connectivity index (χ4v) is 4.78. The lowest BCUT2D eigenvalue weighted by Crippen LogP contribution is -2.62. The molecule has 0 radical (unpaired) electrons. The van der Waals surface area contributed by atoms with Gasteiger partial charge in [-0.3, -0.25) is 4.79 Å². The first kappa shape index (κ1) is 16.4. The number of hydrogen-bond donors (Lipinski definition) is 2. The predicted molar refractivity (Wildman–Crippen MR) is 82.3 cm³/mol. The van der Waals surface area contributed by atoms with Crippen LogP contribution in [-0.4, -0.2) is 46.8 Å². The minimum atomic E-state index is -3.67. The molecule has 0 aromatic heterocycles. The van der Waals surface area contributed by atoms with Crippen LogP contribution in [0.2, 0.25) is 0 Å². The van der Waals surface area contributed by atoms with Gasteiger partial charge in [0, 0.05) is 37.2 Å². The third kappa shape index (κ3) is 2.99. The topological polar surface area (TPSA) is 108 Å². The number of nitrogens with one attached hydrogen (secondary N) is 1. The van der Waals surface area contributed by atoms with Crippen molar-refractivity contribution in [1.29, 1.82) is 0 Å². The first-order valence-electron chi connectivity index (χ1n) is 7.47. The van der Waals surface area contributed by atoms with E-state index < -0.39 is 15.9 Å². The van der Waals surface area contributed by atoms with E-state index in [0.29, 0.717) is 13.2 Å². The van der Waals surface area contributed by atoms with E-state index >= 15 is 0 Å². The molecule has 1 amide bonds. The van der Waals surface area contributed by atoms with Crippen LogP contribution >= 0.6 is 0 Å². The van der Waals surface area contributed by atoms with Crippen LogP contribution in [0.5, 0.6) is 0 Å². The van der Waals surface area contributed by atoms with Crippen LogP contribution in [0.3, 0.4) is 0 Å². The van der Waals surface area contributed by atoms with Crippen molar-refractivity contribution < 1.29 is 22.7 Å². The Morgan fingerprint density at radius 1 is 1.39 bits per heavy atom. The van der Waals surface area contributed by atoms with E-state index in [4.69, 9.17) is 15.2 Å². The van der Waals surface area contributed by atoms with Crippen LogP contribution in [0.25, 0.3) is 0 Å². The largest absolute Gasteiger partial charge is 0.384 e. The summed E-state index contributed by atoms with van der Waals surface area (Å²) in [6, 6.07) is 5.39. The third-order valence-electron chi connectivity index (χ3n) is 4.63. The van der Waals surface area contributed by atoms with Gasteiger partial charge in [-0.15, -0.1) is 0 Å². The van der Waals surface area contributed by atoms with E-state index in [2.05, 4.69) is 4.72 Å². The first-order valence-corrected chi connectivity index (χ1v) is 8.95. The molecule has 1 aliphatic heterocycles.